The quantitative estimate of drug-likeness (QED) is 0.162. The van der Waals surface area contributed by atoms with Crippen LogP contribution in [-0.2, 0) is 14.8 Å². The Morgan fingerprint density at radius 3 is 2.22 bits per heavy atom. The van der Waals surface area contributed by atoms with Gasteiger partial charge in [0.2, 0.25) is 0 Å². The van der Waals surface area contributed by atoms with Gasteiger partial charge < -0.3 is 4.74 Å². The molecule has 0 spiro atoms. The molecule has 0 fully saturated rings. The van der Waals surface area contributed by atoms with Gasteiger partial charge in [-0.05, 0) is 96.4 Å². The van der Waals surface area contributed by atoms with Crippen LogP contribution in [0.4, 0.5) is 13.2 Å². The van der Waals surface area contributed by atoms with Crippen LogP contribution in [0.25, 0.3) is 0 Å². The molecule has 0 amide bonds. The molecule has 0 saturated carbocycles. The summed E-state index contributed by atoms with van der Waals surface area (Å²) in [6.07, 6.45) is 0. The van der Waals surface area contributed by atoms with E-state index in [9.17, 15) is 26.4 Å². The first-order valence-corrected chi connectivity index (χ1v) is 11.2. The number of carbonyl (C=O) groups is 1. The molecule has 0 saturated heterocycles. The van der Waals surface area contributed by atoms with Crippen molar-refractivity contribution in [3.63, 3.8) is 0 Å². The van der Waals surface area contributed by atoms with Gasteiger partial charge in [0.1, 0.15) is 6.61 Å². The van der Waals surface area contributed by atoms with Gasteiger partial charge in [-0.3, -0.25) is 0 Å². The highest BCUT2D eigenvalue weighted by atomic mass is 127. The average Bonchev–Trinajstić information content (AvgIpc) is 2.43. The molecule has 0 aliphatic carbocycles. The molecule has 23 heavy (non-hydrogen) atoms. The van der Waals surface area contributed by atoms with Gasteiger partial charge in [-0.15, -0.1) is 0 Å². The summed E-state index contributed by atoms with van der Waals surface area (Å²) in [4.78, 5) is 12.0. The maximum Gasteiger partial charge on any atom is 0.511 e. The Bertz CT molecular complexity index is 724. The molecule has 130 valence electrons. The molecule has 0 bridgehead atoms. The fourth-order valence-corrected chi connectivity index (χ4v) is 4.98. The first-order valence-electron chi connectivity index (χ1n) is 5.44. The van der Waals surface area contributed by atoms with Crippen LogP contribution in [0.3, 0.4) is 0 Å². The number of hydrogen-bond acceptors (Lipinski definition) is 4. The van der Waals surface area contributed by atoms with Gasteiger partial charge in [0.15, 0.2) is 0 Å². The van der Waals surface area contributed by atoms with Crippen molar-refractivity contribution in [2.75, 3.05) is 13.2 Å². The maximum atomic E-state index is 12.1. The standard InChI is InChI=1S/C10H6F3I4NO4S/c11-10(12,13)23(20,21)18-1-2-22-9(19)4-3-5(14)7(16)8(17)6(4)15/h3,18H,1-2H2. The summed E-state index contributed by atoms with van der Waals surface area (Å²) in [5.74, 6) is -0.729. The number of alkyl halides is 3. The van der Waals surface area contributed by atoms with Gasteiger partial charge in [0.25, 0.3) is 0 Å². The number of carbonyl (C=O) groups excluding carboxylic acids is 1. The van der Waals surface area contributed by atoms with Gasteiger partial charge in [-0.25, -0.2) is 17.9 Å². The third-order valence-electron chi connectivity index (χ3n) is 2.25. The van der Waals surface area contributed by atoms with E-state index in [-0.39, 0.29) is 5.56 Å². The second kappa shape index (κ2) is 8.80. The van der Waals surface area contributed by atoms with Crippen LogP contribution >= 0.6 is 90.4 Å². The molecular formula is C10H6F3I4NO4S. The molecule has 0 aliphatic heterocycles. The molecule has 0 radical (unpaired) electrons. The minimum absolute atomic E-state index is 0.276. The molecule has 13 heteroatoms. The largest absolute Gasteiger partial charge is 0.511 e. The number of rotatable bonds is 5. The normalized spacial score (nSPS) is 12.3. The summed E-state index contributed by atoms with van der Waals surface area (Å²) in [6, 6.07) is 1.61. The van der Waals surface area contributed by atoms with Crippen LogP contribution in [0, 0.1) is 14.3 Å². The van der Waals surface area contributed by atoms with E-state index in [1.807, 2.05) is 45.2 Å². The van der Waals surface area contributed by atoms with E-state index in [4.69, 9.17) is 4.74 Å². The van der Waals surface area contributed by atoms with Crippen molar-refractivity contribution < 1.29 is 31.1 Å². The van der Waals surface area contributed by atoms with Crippen molar-refractivity contribution >= 4 is 106 Å². The van der Waals surface area contributed by atoms with Gasteiger partial charge in [0, 0.05) is 20.8 Å². The predicted octanol–water partition coefficient (Wildman–Crippen LogP) is 3.70. The first kappa shape index (κ1) is 22.4. The SMILES string of the molecule is O=C(OCCNS(=O)(=O)C(F)(F)F)c1cc(I)c(I)c(I)c1I. The van der Waals surface area contributed by atoms with Crippen LogP contribution in [0.15, 0.2) is 6.07 Å². The van der Waals surface area contributed by atoms with E-state index < -0.39 is 34.7 Å². The zero-order valence-corrected chi connectivity index (χ0v) is 20.1. The second-order valence-corrected chi connectivity index (χ2v) is 9.98. The third kappa shape index (κ3) is 5.91. The van der Waals surface area contributed by atoms with Crippen molar-refractivity contribution in [2.24, 2.45) is 0 Å². The number of benzene rings is 1. The summed E-state index contributed by atoms with van der Waals surface area (Å²) >= 11 is 8.22. The summed E-state index contributed by atoms with van der Waals surface area (Å²) < 4.78 is 67.3. The van der Waals surface area contributed by atoms with Crippen LogP contribution in [0.1, 0.15) is 10.4 Å². The van der Waals surface area contributed by atoms with Crippen molar-refractivity contribution in [1.82, 2.24) is 4.72 Å². The number of sulfonamides is 1. The van der Waals surface area contributed by atoms with Crippen molar-refractivity contribution in [2.45, 2.75) is 5.51 Å². The Morgan fingerprint density at radius 2 is 1.70 bits per heavy atom. The van der Waals surface area contributed by atoms with Crippen LogP contribution in [0.5, 0.6) is 0 Å². The Morgan fingerprint density at radius 1 is 1.13 bits per heavy atom. The summed E-state index contributed by atoms with van der Waals surface area (Å²) in [6.45, 7) is -1.17. The second-order valence-electron chi connectivity index (χ2n) is 3.83. The fraction of sp³-hybridized carbons (Fsp3) is 0.300. The number of ether oxygens (including phenoxy) is 1. The van der Waals surface area contributed by atoms with E-state index in [0.29, 0.717) is 3.57 Å². The molecule has 5 nitrogen and oxygen atoms in total. The average molecular weight is 801 g/mol. The molecule has 0 atom stereocenters. The van der Waals surface area contributed by atoms with Crippen molar-refractivity contribution in [1.29, 1.82) is 0 Å². The lowest BCUT2D eigenvalue weighted by molar-refractivity contribution is -0.0448. The van der Waals surface area contributed by atoms with Gasteiger partial charge >= 0.3 is 21.5 Å². The van der Waals surface area contributed by atoms with Gasteiger partial charge in [0.05, 0.1) is 5.56 Å². The van der Waals surface area contributed by atoms with E-state index in [1.165, 1.54) is 4.72 Å². The molecule has 0 aliphatic rings. The molecule has 1 aromatic carbocycles. The zero-order chi connectivity index (χ0) is 18.0. The fourth-order valence-electron chi connectivity index (χ4n) is 1.20. The molecule has 0 unspecified atom stereocenters. The zero-order valence-electron chi connectivity index (χ0n) is 10.7. The molecule has 0 heterocycles. The highest BCUT2D eigenvalue weighted by Crippen LogP contribution is 2.29. The summed E-state index contributed by atoms with van der Waals surface area (Å²) in [7, 11) is -5.43. The predicted molar refractivity (Wildman–Crippen MR) is 111 cm³/mol. The lowest BCUT2D eigenvalue weighted by Gasteiger charge is -2.11. The van der Waals surface area contributed by atoms with Crippen molar-refractivity contribution in [3.05, 3.63) is 25.9 Å². The summed E-state index contributed by atoms with van der Waals surface area (Å²) in [5.41, 5.74) is -5.12. The highest BCUT2D eigenvalue weighted by Gasteiger charge is 2.45. The Labute approximate surface area is 184 Å². The number of esters is 1. The Balaban J connectivity index is 2.70. The molecule has 1 N–H and O–H groups in total. The summed E-state index contributed by atoms with van der Waals surface area (Å²) in [5, 5.41) is 0. The smallest absolute Gasteiger partial charge is 0.461 e. The van der Waals surface area contributed by atoms with E-state index in [1.54, 1.807) is 6.07 Å². The monoisotopic (exact) mass is 801 g/mol. The lowest BCUT2D eigenvalue weighted by atomic mass is 10.2. The Hall–Kier alpha value is 1.31. The lowest BCUT2D eigenvalue weighted by Crippen LogP contribution is -2.38. The molecule has 1 aromatic rings. The van der Waals surface area contributed by atoms with E-state index in [0.717, 1.165) is 10.7 Å². The Kier molecular flexibility index (Phi) is 8.55. The van der Waals surface area contributed by atoms with Gasteiger partial charge in [-0.2, -0.15) is 13.2 Å². The minimum Gasteiger partial charge on any atom is -0.461 e. The molecule has 0 aromatic heterocycles. The highest BCUT2D eigenvalue weighted by molar-refractivity contribution is 14.1. The molecule has 1 rings (SSSR count). The number of hydrogen-bond donors (Lipinski definition) is 1. The van der Waals surface area contributed by atoms with Gasteiger partial charge in [-0.1, -0.05) is 0 Å². The van der Waals surface area contributed by atoms with E-state index in [2.05, 4.69) is 45.2 Å². The topological polar surface area (TPSA) is 72.5 Å². The van der Waals surface area contributed by atoms with E-state index >= 15 is 0 Å². The number of halogens is 7. The first-order chi connectivity index (χ1) is 10.4. The molecular weight excluding hydrogens is 795 g/mol. The maximum absolute atomic E-state index is 12.1. The van der Waals surface area contributed by atoms with Crippen LogP contribution < -0.4 is 4.72 Å². The number of nitrogens with one attached hydrogen (secondary N) is 1. The third-order valence-corrected chi connectivity index (χ3v) is 10.7. The minimum atomic E-state index is -5.43. The van der Waals surface area contributed by atoms with Crippen LogP contribution in [-0.4, -0.2) is 33.0 Å². The van der Waals surface area contributed by atoms with Crippen molar-refractivity contribution in [3.8, 4) is 0 Å². The van der Waals surface area contributed by atoms with Crippen LogP contribution in [0.2, 0.25) is 0 Å².